The van der Waals surface area contributed by atoms with Crippen LogP contribution in [0.25, 0.3) is 0 Å². The summed E-state index contributed by atoms with van der Waals surface area (Å²) in [4.78, 5) is 24.4. The minimum atomic E-state index is -0.839. The van der Waals surface area contributed by atoms with E-state index in [1.165, 1.54) is 0 Å². The number of carboxylic acids is 1. The van der Waals surface area contributed by atoms with E-state index in [4.69, 9.17) is 15.6 Å². The average Bonchev–Trinajstić information content (AvgIpc) is 2.25. The number of nitrogens with two attached hydrogens (primary N) is 1. The molecule has 6 nitrogen and oxygen atoms in total. The predicted octanol–water partition coefficient (Wildman–Crippen LogP) is 0.903. The van der Waals surface area contributed by atoms with Gasteiger partial charge in [0.25, 0.3) is 0 Å². The van der Waals surface area contributed by atoms with Gasteiger partial charge in [-0.25, -0.2) is 4.79 Å². The zero-order valence-electron chi connectivity index (χ0n) is 11.2. The summed E-state index contributed by atoms with van der Waals surface area (Å²) in [6, 6.07) is 0. The van der Waals surface area contributed by atoms with E-state index in [0.717, 1.165) is 0 Å². The van der Waals surface area contributed by atoms with Crippen molar-refractivity contribution in [3.8, 4) is 0 Å². The quantitative estimate of drug-likeness (QED) is 0.767. The van der Waals surface area contributed by atoms with Crippen LogP contribution in [0.1, 0.15) is 27.2 Å². The molecule has 0 saturated carbocycles. The van der Waals surface area contributed by atoms with E-state index in [1.54, 1.807) is 25.7 Å². The van der Waals surface area contributed by atoms with Gasteiger partial charge >= 0.3 is 12.1 Å². The second kappa shape index (κ2) is 5.56. The van der Waals surface area contributed by atoms with Crippen LogP contribution in [0.4, 0.5) is 4.79 Å². The Balaban J connectivity index is 2.62. The van der Waals surface area contributed by atoms with Crippen molar-refractivity contribution in [3.05, 3.63) is 0 Å². The first kappa shape index (κ1) is 14.8. The van der Waals surface area contributed by atoms with Gasteiger partial charge in [0.15, 0.2) is 0 Å². The Kier molecular flexibility index (Phi) is 4.56. The molecule has 6 heteroatoms. The molecule has 0 bridgehead atoms. The highest BCUT2D eigenvalue weighted by molar-refractivity contribution is 5.72. The Morgan fingerprint density at radius 2 is 2.06 bits per heavy atom. The van der Waals surface area contributed by atoms with E-state index in [-0.39, 0.29) is 12.5 Å². The molecule has 0 spiro atoms. The Hall–Kier alpha value is -1.30. The normalized spacial score (nSPS) is 24.8. The molecule has 1 aliphatic heterocycles. The SMILES string of the molecule is CC(C)(C)OC(=O)N1CC[C@@H](C(=O)O)[C@@H](CN)C1. The number of amides is 1. The van der Waals surface area contributed by atoms with Crippen LogP contribution >= 0.6 is 0 Å². The largest absolute Gasteiger partial charge is 0.481 e. The van der Waals surface area contributed by atoms with Crippen molar-refractivity contribution in [1.82, 2.24) is 4.90 Å². The molecule has 0 aromatic rings. The van der Waals surface area contributed by atoms with Crippen LogP contribution in [0.3, 0.4) is 0 Å². The van der Waals surface area contributed by atoms with E-state index in [1.807, 2.05) is 0 Å². The Morgan fingerprint density at radius 3 is 2.50 bits per heavy atom. The number of carbonyl (C=O) groups is 2. The van der Waals surface area contributed by atoms with Gasteiger partial charge in [0.05, 0.1) is 5.92 Å². The third-order valence-electron chi connectivity index (χ3n) is 3.01. The molecule has 18 heavy (non-hydrogen) atoms. The number of hydrogen-bond acceptors (Lipinski definition) is 4. The van der Waals surface area contributed by atoms with Crippen molar-refractivity contribution in [1.29, 1.82) is 0 Å². The summed E-state index contributed by atoms with van der Waals surface area (Å²) >= 11 is 0. The van der Waals surface area contributed by atoms with Gasteiger partial charge in [-0.2, -0.15) is 0 Å². The molecule has 1 rings (SSSR count). The first-order valence-electron chi connectivity index (χ1n) is 6.15. The number of carboxylic acid groups (broad SMARTS) is 1. The van der Waals surface area contributed by atoms with Gasteiger partial charge in [0, 0.05) is 19.0 Å². The van der Waals surface area contributed by atoms with Crippen LogP contribution in [0.15, 0.2) is 0 Å². The third kappa shape index (κ3) is 3.87. The summed E-state index contributed by atoms with van der Waals surface area (Å²) in [6.45, 7) is 6.42. The van der Waals surface area contributed by atoms with Crippen molar-refractivity contribution in [2.45, 2.75) is 32.8 Å². The van der Waals surface area contributed by atoms with Crippen molar-refractivity contribution >= 4 is 12.1 Å². The van der Waals surface area contributed by atoms with Crippen molar-refractivity contribution in [2.75, 3.05) is 19.6 Å². The molecule has 0 aromatic carbocycles. The topological polar surface area (TPSA) is 92.9 Å². The van der Waals surface area contributed by atoms with Crippen molar-refractivity contribution in [3.63, 3.8) is 0 Å². The van der Waals surface area contributed by atoms with Gasteiger partial charge in [0.2, 0.25) is 0 Å². The average molecular weight is 258 g/mol. The molecule has 2 atom stereocenters. The zero-order valence-corrected chi connectivity index (χ0v) is 11.2. The first-order valence-corrected chi connectivity index (χ1v) is 6.15. The number of ether oxygens (including phenoxy) is 1. The molecular formula is C12H22N2O4. The first-order chi connectivity index (χ1) is 8.24. The van der Waals surface area contributed by atoms with Gasteiger partial charge in [-0.15, -0.1) is 0 Å². The molecular weight excluding hydrogens is 236 g/mol. The highest BCUT2D eigenvalue weighted by Crippen LogP contribution is 2.24. The van der Waals surface area contributed by atoms with Crippen LogP contribution in [0.5, 0.6) is 0 Å². The second-order valence-corrected chi connectivity index (χ2v) is 5.66. The maximum atomic E-state index is 11.9. The summed E-state index contributed by atoms with van der Waals surface area (Å²) in [7, 11) is 0. The number of nitrogens with zero attached hydrogens (tertiary/aromatic N) is 1. The number of hydrogen-bond donors (Lipinski definition) is 2. The number of rotatable bonds is 2. The highest BCUT2D eigenvalue weighted by atomic mass is 16.6. The smallest absolute Gasteiger partial charge is 0.410 e. The van der Waals surface area contributed by atoms with Crippen LogP contribution < -0.4 is 5.73 Å². The standard InChI is InChI=1S/C12H22N2O4/c1-12(2,3)18-11(17)14-5-4-9(10(15)16)8(6-13)7-14/h8-9H,4-7,13H2,1-3H3,(H,15,16)/t8-,9+/m0/s1. The lowest BCUT2D eigenvalue weighted by Gasteiger charge is -2.36. The summed E-state index contributed by atoms with van der Waals surface area (Å²) in [5.41, 5.74) is 5.04. The van der Waals surface area contributed by atoms with Crippen LogP contribution in [0.2, 0.25) is 0 Å². The molecule has 1 fully saturated rings. The lowest BCUT2D eigenvalue weighted by atomic mass is 9.86. The summed E-state index contributed by atoms with van der Waals surface area (Å²) < 4.78 is 5.26. The second-order valence-electron chi connectivity index (χ2n) is 5.66. The molecule has 1 saturated heterocycles. The van der Waals surface area contributed by atoms with Crippen LogP contribution in [-0.4, -0.2) is 47.3 Å². The molecule has 104 valence electrons. The van der Waals surface area contributed by atoms with Gasteiger partial charge in [0.1, 0.15) is 5.60 Å². The van der Waals surface area contributed by atoms with Gasteiger partial charge in [-0.1, -0.05) is 0 Å². The fourth-order valence-electron chi connectivity index (χ4n) is 2.09. The third-order valence-corrected chi connectivity index (χ3v) is 3.01. The molecule has 1 aliphatic rings. The summed E-state index contributed by atoms with van der Waals surface area (Å²) in [5, 5.41) is 9.06. The van der Waals surface area contributed by atoms with Gasteiger partial charge in [-0.05, 0) is 33.7 Å². The monoisotopic (exact) mass is 258 g/mol. The fourth-order valence-corrected chi connectivity index (χ4v) is 2.09. The van der Waals surface area contributed by atoms with Gasteiger partial charge in [-0.3, -0.25) is 4.79 Å². The van der Waals surface area contributed by atoms with Crippen molar-refractivity contribution < 1.29 is 19.4 Å². The lowest BCUT2D eigenvalue weighted by Crippen LogP contribution is -2.49. The number of aliphatic carboxylic acids is 1. The van der Waals surface area contributed by atoms with Crippen LogP contribution in [-0.2, 0) is 9.53 Å². The van der Waals surface area contributed by atoms with E-state index in [2.05, 4.69) is 0 Å². The fraction of sp³-hybridized carbons (Fsp3) is 0.833. The maximum Gasteiger partial charge on any atom is 0.410 e. The minimum absolute atomic E-state index is 0.205. The Morgan fingerprint density at radius 1 is 1.44 bits per heavy atom. The minimum Gasteiger partial charge on any atom is -0.481 e. The molecule has 1 amide bonds. The zero-order chi connectivity index (χ0) is 13.9. The molecule has 1 heterocycles. The molecule has 0 aromatic heterocycles. The Labute approximate surface area is 107 Å². The van der Waals surface area contributed by atoms with E-state index in [0.29, 0.717) is 19.5 Å². The van der Waals surface area contributed by atoms with E-state index < -0.39 is 23.6 Å². The number of carbonyl (C=O) groups excluding carboxylic acids is 1. The van der Waals surface area contributed by atoms with Gasteiger partial charge < -0.3 is 20.5 Å². The maximum absolute atomic E-state index is 11.9. The summed E-state index contributed by atoms with van der Waals surface area (Å²) in [6.07, 6.45) is 0.0287. The molecule has 0 unspecified atom stereocenters. The lowest BCUT2D eigenvalue weighted by molar-refractivity contribution is -0.145. The van der Waals surface area contributed by atoms with E-state index >= 15 is 0 Å². The van der Waals surface area contributed by atoms with Crippen LogP contribution in [0, 0.1) is 11.8 Å². The van der Waals surface area contributed by atoms with E-state index in [9.17, 15) is 9.59 Å². The predicted molar refractivity (Wildman–Crippen MR) is 66.1 cm³/mol. The highest BCUT2D eigenvalue weighted by Gasteiger charge is 2.36. The van der Waals surface area contributed by atoms with Crippen molar-refractivity contribution in [2.24, 2.45) is 17.6 Å². The summed E-state index contributed by atoms with van der Waals surface area (Å²) in [5.74, 6) is -1.51. The Bertz CT molecular complexity index is 325. The number of likely N-dealkylation sites (tertiary alicyclic amines) is 1. The molecule has 3 N–H and O–H groups in total. The molecule has 0 radical (unpaired) electrons. The number of piperidine rings is 1. The molecule has 0 aliphatic carbocycles.